The third kappa shape index (κ3) is 4.42. The molecule has 1 atom stereocenters. The Balaban J connectivity index is 1.90. The second kappa shape index (κ2) is 8.55. The Morgan fingerprint density at radius 3 is 2.85 bits per heavy atom. The van der Waals surface area contributed by atoms with Crippen LogP contribution in [0.5, 0.6) is 0 Å². The summed E-state index contributed by atoms with van der Waals surface area (Å²) in [5, 5.41) is 5.70. The third-order valence-electron chi connectivity index (χ3n) is 5.76. The molecule has 1 aromatic rings. The number of benzene rings is 1. The van der Waals surface area contributed by atoms with Crippen LogP contribution in [0.25, 0.3) is 0 Å². The molecule has 2 fully saturated rings. The summed E-state index contributed by atoms with van der Waals surface area (Å²) >= 11 is 4.65. The second-order valence-corrected chi connectivity index (χ2v) is 7.89. The van der Waals surface area contributed by atoms with Gasteiger partial charge in [-0.25, -0.2) is 13.8 Å². The van der Waals surface area contributed by atoms with Crippen LogP contribution in [0.2, 0.25) is 0 Å². The number of isothiocyanates is 1. The summed E-state index contributed by atoms with van der Waals surface area (Å²) in [6.07, 6.45) is 0.983. The van der Waals surface area contributed by atoms with E-state index < -0.39 is 12.0 Å². The molecule has 0 unspecified atom stereocenters. The van der Waals surface area contributed by atoms with E-state index in [1.807, 2.05) is 11.8 Å². The number of thiocarbonyl (C=S) groups is 1. The Morgan fingerprint density at radius 1 is 1.44 bits per heavy atom. The van der Waals surface area contributed by atoms with Gasteiger partial charge < -0.3 is 10.2 Å². The van der Waals surface area contributed by atoms with Gasteiger partial charge in [0, 0.05) is 31.1 Å². The van der Waals surface area contributed by atoms with Crippen molar-refractivity contribution in [1.29, 1.82) is 0 Å². The van der Waals surface area contributed by atoms with Crippen molar-refractivity contribution in [3.05, 3.63) is 34.9 Å². The van der Waals surface area contributed by atoms with Crippen LogP contribution in [0.4, 0.5) is 8.78 Å². The molecular formula is C20H25F2N3OS. The largest absolute Gasteiger partial charge is 0.334 e. The van der Waals surface area contributed by atoms with Crippen LogP contribution in [0, 0.1) is 5.92 Å². The summed E-state index contributed by atoms with van der Waals surface area (Å²) in [5.74, 6) is 0.322. The molecule has 1 heterocycles. The number of aliphatic imine (C=N–C) groups is 1. The zero-order valence-corrected chi connectivity index (χ0v) is 16.3. The first-order valence-corrected chi connectivity index (χ1v) is 9.81. The molecule has 3 rings (SSSR count). The molecule has 0 aromatic heterocycles. The number of hydrogen-bond acceptors (Lipinski definition) is 4. The fourth-order valence-electron chi connectivity index (χ4n) is 3.95. The van der Waals surface area contributed by atoms with E-state index in [2.05, 4.69) is 27.7 Å². The molecule has 1 aliphatic carbocycles. The van der Waals surface area contributed by atoms with Gasteiger partial charge in [0.05, 0.1) is 17.2 Å². The number of carbonyl (C=O) groups is 1. The van der Waals surface area contributed by atoms with E-state index in [1.54, 1.807) is 12.1 Å². The number of alkyl halides is 2. The smallest absolute Gasteiger partial charge is 0.263 e. The quantitative estimate of drug-likeness (QED) is 0.591. The van der Waals surface area contributed by atoms with E-state index in [9.17, 15) is 13.6 Å². The van der Waals surface area contributed by atoms with Gasteiger partial charge in [-0.3, -0.25) is 4.79 Å². The summed E-state index contributed by atoms with van der Waals surface area (Å²) in [6.45, 7) is 4.39. The highest BCUT2D eigenvalue weighted by Gasteiger charge is 2.41. The molecule has 0 spiro atoms. The van der Waals surface area contributed by atoms with Crippen molar-refractivity contribution < 1.29 is 13.6 Å². The summed E-state index contributed by atoms with van der Waals surface area (Å²) in [4.78, 5) is 18.9. The Kier molecular flexibility index (Phi) is 6.35. The van der Waals surface area contributed by atoms with Crippen LogP contribution in [-0.2, 0) is 17.8 Å². The molecule has 146 valence electrons. The lowest BCUT2D eigenvalue weighted by molar-refractivity contribution is -0.145. The van der Waals surface area contributed by atoms with Crippen molar-refractivity contribution in [2.24, 2.45) is 10.9 Å². The maximum atomic E-state index is 13.2. The summed E-state index contributed by atoms with van der Waals surface area (Å²) in [7, 11) is 0. The molecule has 1 amide bonds. The van der Waals surface area contributed by atoms with E-state index in [4.69, 9.17) is 0 Å². The van der Waals surface area contributed by atoms with Crippen molar-refractivity contribution in [2.45, 2.75) is 51.1 Å². The minimum Gasteiger partial charge on any atom is -0.334 e. The molecule has 1 aliphatic heterocycles. The third-order valence-corrected chi connectivity index (χ3v) is 5.89. The van der Waals surface area contributed by atoms with Gasteiger partial charge in [-0.05, 0) is 55.6 Å². The van der Waals surface area contributed by atoms with E-state index in [-0.39, 0.29) is 17.4 Å². The first-order chi connectivity index (χ1) is 12.9. The number of hydrogen-bond donors (Lipinski definition) is 1. The Morgan fingerprint density at radius 2 is 2.22 bits per heavy atom. The number of rotatable bonds is 6. The van der Waals surface area contributed by atoms with Crippen molar-refractivity contribution in [3.8, 4) is 0 Å². The van der Waals surface area contributed by atoms with Crippen molar-refractivity contribution >= 4 is 23.3 Å². The average Bonchev–Trinajstić information content (AvgIpc) is 2.59. The first kappa shape index (κ1) is 20.1. The van der Waals surface area contributed by atoms with Crippen LogP contribution in [0.3, 0.4) is 0 Å². The molecule has 0 bridgehead atoms. The number of halogens is 2. The Bertz CT molecular complexity index is 747. The van der Waals surface area contributed by atoms with Crippen molar-refractivity contribution in [3.63, 3.8) is 0 Å². The summed E-state index contributed by atoms with van der Waals surface area (Å²) < 4.78 is 26.5. The molecule has 7 heteroatoms. The predicted molar refractivity (Wildman–Crippen MR) is 104 cm³/mol. The highest BCUT2D eigenvalue weighted by molar-refractivity contribution is 7.78. The molecule has 27 heavy (non-hydrogen) atoms. The summed E-state index contributed by atoms with van der Waals surface area (Å²) in [6, 6.07) is 4.66. The zero-order chi connectivity index (χ0) is 19.4. The summed E-state index contributed by atoms with van der Waals surface area (Å²) in [5.41, 5.74) is 1.17. The monoisotopic (exact) mass is 393 g/mol. The first-order valence-electron chi connectivity index (χ1n) is 9.40. The SMILES string of the molecule is C[C@]1(Cc2cc(C(F)F)ccc2CN=C=S)CNCCN1C(=O)C1CCC1. The van der Waals surface area contributed by atoms with Crippen LogP contribution >= 0.6 is 12.2 Å². The van der Waals surface area contributed by atoms with Gasteiger partial charge >= 0.3 is 0 Å². The lowest BCUT2D eigenvalue weighted by Crippen LogP contribution is -2.64. The number of carbonyl (C=O) groups excluding carboxylic acids is 1. The van der Waals surface area contributed by atoms with Gasteiger partial charge in [-0.1, -0.05) is 18.6 Å². The van der Waals surface area contributed by atoms with E-state index in [0.717, 1.165) is 36.9 Å². The van der Waals surface area contributed by atoms with Gasteiger partial charge in [-0.2, -0.15) is 0 Å². The van der Waals surface area contributed by atoms with Crippen LogP contribution < -0.4 is 5.32 Å². The fourth-order valence-corrected chi connectivity index (χ4v) is 4.02. The average molecular weight is 394 g/mol. The minimum absolute atomic E-state index is 0.00989. The molecule has 2 aliphatic rings. The van der Waals surface area contributed by atoms with E-state index >= 15 is 0 Å². The topological polar surface area (TPSA) is 44.7 Å². The van der Waals surface area contributed by atoms with Gasteiger partial charge in [0.1, 0.15) is 0 Å². The highest BCUT2D eigenvalue weighted by atomic mass is 32.1. The van der Waals surface area contributed by atoms with Gasteiger partial charge in [0.15, 0.2) is 0 Å². The van der Waals surface area contributed by atoms with Gasteiger partial charge in [0.2, 0.25) is 5.91 Å². The molecule has 4 nitrogen and oxygen atoms in total. The van der Waals surface area contributed by atoms with Crippen LogP contribution in [-0.4, -0.2) is 41.1 Å². The fraction of sp³-hybridized carbons (Fsp3) is 0.600. The van der Waals surface area contributed by atoms with Crippen molar-refractivity contribution in [2.75, 3.05) is 19.6 Å². The van der Waals surface area contributed by atoms with Crippen molar-refractivity contribution in [1.82, 2.24) is 10.2 Å². The molecule has 1 saturated heterocycles. The standard InChI is InChI=1S/C20H25F2N3OS/c1-20(12-23-7-8-25(20)19(26)14-3-2-4-14)10-17-9-15(18(21)22)5-6-16(17)11-24-13-27/h5-6,9,14,18,23H,2-4,7-8,10-12H2,1H3/t20-/m0/s1. The molecular weight excluding hydrogens is 368 g/mol. The van der Waals surface area contributed by atoms with E-state index in [0.29, 0.717) is 26.1 Å². The molecule has 1 aromatic carbocycles. The predicted octanol–water partition coefficient (Wildman–Crippen LogP) is 3.76. The van der Waals surface area contributed by atoms with Crippen LogP contribution in [0.15, 0.2) is 23.2 Å². The zero-order valence-electron chi connectivity index (χ0n) is 15.5. The molecule has 0 radical (unpaired) electrons. The Labute approximate surface area is 164 Å². The molecule has 1 saturated carbocycles. The van der Waals surface area contributed by atoms with E-state index in [1.165, 1.54) is 6.07 Å². The normalized spacial score (nSPS) is 23.0. The second-order valence-electron chi connectivity index (χ2n) is 7.70. The van der Waals surface area contributed by atoms with Gasteiger partial charge in [-0.15, -0.1) is 0 Å². The highest BCUT2D eigenvalue weighted by Crippen LogP contribution is 2.34. The molecule has 1 N–H and O–H groups in total. The number of nitrogens with one attached hydrogen (secondary N) is 1. The minimum atomic E-state index is -2.53. The lowest BCUT2D eigenvalue weighted by Gasteiger charge is -2.48. The number of piperazine rings is 1. The number of nitrogens with zero attached hydrogens (tertiary/aromatic N) is 2. The number of amides is 1. The Hall–Kier alpha value is -1.69. The maximum absolute atomic E-state index is 13.2. The van der Waals surface area contributed by atoms with Gasteiger partial charge in [0.25, 0.3) is 6.43 Å². The van der Waals surface area contributed by atoms with Crippen LogP contribution in [0.1, 0.15) is 49.3 Å². The maximum Gasteiger partial charge on any atom is 0.263 e. The lowest BCUT2D eigenvalue weighted by atomic mass is 9.81.